The Morgan fingerprint density at radius 2 is 1.60 bits per heavy atom. The van der Waals surface area contributed by atoms with E-state index in [9.17, 15) is 4.39 Å². The zero-order chi connectivity index (χ0) is 21.1. The molecule has 4 rings (SSSR count). The highest BCUT2D eigenvalue weighted by molar-refractivity contribution is 5.65. The molecule has 2 heteroatoms. The average molecular weight is 409 g/mol. The number of aryl methyl sites for hydroxylation is 1. The highest BCUT2D eigenvalue weighted by atomic mass is 19.2. The van der Waals surface area contributed by atoms with Gasteiger partial charge in [0.1, 0.15) is 0 Å². The van der Waals surface area contributed by atoms with Crippen molar-refractivity contribution in [3.8, 4) is 11.1 Å². The normalized spacial score (nSPS) is 26.7. The van der Waals surface area contributed by atoms with Crippen LogP contribution in [0.5, 0.6) is 0 Å². The van der Waals surface area contributed by atoms with Gasteiger partial charge >= 0.3 is 0 Å². The Labute approximate surface area is 180 Å². The summed E-state index contributed by atoms with van der Waals surface area (Å²) in [5.41, 5.74) is 2.82. The van der Waals surface area contributed by atoms with Gasteiger partial charge in [-0.1, -0.05) is 60.5 Å². The molecule has 2 aliphatic rings. The standard InChI is InChI=1S/C28H34F2/c1-3-4-5-6-20-9-12-23-18-24(14-13-22(23)17-20)26-16-15-25(27(29)28(26)30)21-10-7-19(2)8-11-21/h3-4,7-8,10-11,15-16,20,22-24H,5-6,9,12-14,17-18H2,1-2H3/b4-3+. The highest BCUT2D eigenvalue weighted by Crippen LogP contribution is 2.49. The zero-order valence-corrected chi connectivity index (χ0v) is 18.3. The van der Waals surface area contributed by atoms with E-state index in [0.717, 1.165) is 42.2 Å². The van der Waals surface area contributed by atoms with Gasteiger partial charge in [-0.25, -0.2) is 8.78 Å². The lowest BCUT2D eigenvalue weighted by Crippen LogP contribution is -2.30. The number of allylic oxidation sites excluding steroid dienone is 2. The summed E-state index contributed by atoms with van der Waals surface area (Å²) in [5, 5.41) is 0. The van der Waals surface area contributed by atoms with Gasteiger partial charge in [0.2, 0.25) is 0 Å². The monoisotopic (exact) mass is 408 g/mol. The van der Waals surface area contributed by atoms with Gasteiger partial charge in [-0.05, 0) is 93.6 Å². The van der Waals surface area contributed by atoms with Crippen LogP contribution in [0, 0.1) is 36.3 Å². The third-order valence-electron chi connectivity index (χ3n) is 7.61. The minimum atomic E-state index is -0.689. The molecule has 2 aromatic rings. The van der Waals surface area contributed by atoms with Gasteiger partial charge in [-0.15, -0.1) is 0 Å². The molecule has 2 fully saturated rings. The summed E-state index contributed by atoms with van der Waals surface area (Å²) in [5.74, 6) is 1.16. The van der Waals surface area contributed by atoms with E-state index in [1.54, 1.807) is 6.07 Å². The van der Waals surface area contributed by atoms with Crippen LogP contribution in [0.25, 0.3) is 11.1 Å². The fourth-order valence-electron chi connectivity index (χ4n) is 5.87. The van der Waals surface area contributed by atoms with Gasteiger partial charge < -0.3 is 0 Å². The molecule has 2 aromatic carbocycles. The Morgan fingerprint density at radius 3 is 2.37 bits per heavy atom. The molecule has 0 saturated heterocycles. The van der Waals surface area contributed by atoms with Crippen molar-refractivity contribution in [3.63, 3.8) is 0 Å². The number of hydrogen-bond acceptors (Lipinski definition) is 0. The minimum absolute atomic E-state index is 0.160. The molecule has 2 saturated carbocycles. The van der Waals surface area contributed by atoms with Gasteiger partial charge in [0.15, 0.2) is 11.6 Å². The van der Waals surface area contributed by atoms with Crippen LogP contribution in [0.15, 0.2) is 48.6 Å². The van der Waals surface area contributed by atoms with Crippen molar-refractivity contribution in [2.24, 2.45) is 17.8 Å². The van der Waals surface area contributed by atoms with Gasteiger partial charge in [-0.3, -0.25) is 0 Å². The van der Waals surface area contributed by atoms with E-state index in [4.69, 9.17) is 0 Å². The molecule has 4 atom stereocenters. The maximum Gasteiger partial charge on any atom is 0.166 e. The van der Waals surface area contributed by atoms with Gasteiger partial charge in [-0.2, -0.15) is 0 Å². The molecule has 0 N–H and O–H groups in total. The third-order valence-corrected chi connectivity index (χ3v) is 7.61. The maximum atomic E-state index is 15.1. The van der Waals surface area contributed by atoms with E-state index in [1.165, 1.54) is 32.1 Å². The van der Waals surface area contributed by atoms with Crippen LogP contribution in [0.1, 0.15) is 75.3 Å². The van der Waals surface area contributed by atoms with Crippen LogP contribution in [-0.4, -0.2) is 0 Å². The second-order valence-electron chi connectivity index (χ2n) is 9.55. The van der Waals surface area contributed by atoms with E-state index < -0.39 is 11.6 Å². The SMILES string of the molecule is C/C=C/CCC1CCC2CC(c3ccc(-c4ccc(C)cc4)c(F)c3F)CCC2C1. The lowest BCUT2D eigenvalue weighted by Gasteiger charge is -2.42. The van der Waals surface area contributed by atoms with E-state index >= 15 is 4.39 Å². The number of benzene rings is 2. The number of fused-ring (bicyclic) bond motifs is 1. The summed E-state index contributed by atoms with van der Waals surface area (Å²) in [6.45, 7) is 4.09. The van der Waals surface area contributed by atoms with Crippen LogP contribution in [0.2, 0.25) is 0 Å². The fourth-order valence-corrected chi connectivity index (χ4v) is 5.87. The summed E-state index contributed by atoms with van der Waals surface area (Å²) >= 11 is 0. The predicted molar refractivity (Wildman–Crippen MR) is 121 cm³/mol. The van der Waals surface area contributed by atoms with Crippen molar-refractivity contribution in [2.45, 2.75) is 71.1 Å². The van der Waals surface area contributed by atoms with Crippen molar-refractivity contribution in [1.82, 2.24) is 0 Å². The van der Waals surface area contributed by atoms with Crippen molar-refractivity contribution in [2.75, 3.05) is 0 Å². The first-order chi connectivity index (χ1) is 14.6. The molecule has 0 amide bonds. The molecule has 0 aliphatic heterocycles. The van der Waals surface area contributed by atoms with Crippen LogP contribution in [0.4, 0.5) is 8.78 Å². The molecule has 0 radical (unpaired) electrons. The van der Waals surface area contributed by atoms with Crippen molar-refractivity contribution >= 4 is 0 Å². The Morgan fingerprint density at radius 1 is 0.867 bits per heavy atom. The predicted octanol–water partition coefficient (Wildman–Crippen LogP) is 8.60. The quantitative estimate of drug-likeness (QED) is 0.434. The van der Waals surface area contributed by atoms with E-state index in [-0.39, 0.29) is 5.92 Å². The first-order valence-electron chi connectivity index (χ1n) is 11.7. The van der Waals surface area contributed by atoms with Crippen LogP contribution >= 0.6 is 0 Å². The van der Waals surface area contributed by atoms with E-state index in [2.05, 4.69) is 19.1 Å². The molecular weight excluding hydrogens is 374 g/mol. The topological polar surface area (TPSA) is 0 Å². The molecule has 0 spiro atoms. The van der Waals surface area contributed by atoms with Gasteiger partial charge in [0.05, 0.1) is 0 Å². The first kappa shape index (κ1) is 21.3. The molecule has 4 unspecified atom stereocenters. The summed E-state index contributed by atoms with van der Waals surface area (Å²) in [6, 6.07) is 11.2. The van der Waals surface area contributed by atoms with Crippen molar-refractivity contribution < 1.29 is 8.78 Å². The molecule has 0 heterocycles. The Kier molecular flexibility index (Phi) is 6.71. The van der Waals surface area contributed by atoms with Gasteiger partial charge in [0, 0.05) is 5.56 Å². The lowest BCUT2D eigenvalue weighted by molar-refractivity contribution is 0.114. The molecule has 30 heavy (non-hydrogen) atoms. The zero-order valence-electron chi connectivity index (χ0n) is 18.3. The second kappa shape index (κ2) is 9.45. The molecule has 160 valence electrons. The van der Waals surface area contributed by atoms with Gasteiger partial charge in [0.25, 0.3) is 0 Å². The lowest BCUT2D eigenvalue weighted by atomic mass is 9.63. The largest absolute Gasteiger partial charge is 0.203 e. The van der Waals surface area contributed by atoms with E-state index in [0.29, 0.717) is 17.0 Å². The fraction of sp³-hybridized carbons (Fsp3) is 0.500. The molecule has 0 bridgehead atoms. The second-order valence-corrected chi connectivity index (χ2v) is 9.55. The average Bonchev–Trinajstić information content (AvgIpc) is 2.76. The van der Waals surface area contributed by atoms with Crippen LogP contribution < -0.4 is 0 Å². The third kappa shape index (κ3) is 4.53. The summed E-state index contributed by atoms with van der Waals surface area (Å²) in [4.78, 5) is 0. The summed E-state index contributed by atoms with van der Waals surface area (Å²) < 4.78 is 30.0. The number of hydrogen-bond donors (Lipinski definition) is 0. The summed E-state index contributed by atoms with van der Waals surface area (Å²) in [7, 11) is 0. The maximum absolute atomic E-state index is 15.1. The smallest absolute Gasteiger partial charge is 0.166 e. The Hall–Kier alpha value is -1.96. The molecule has 0 nitrogen and oxygen atoms in total. The highest BCUT2D eigenvalue weighted by Gasteiger charge is 2.36. The molecule has 0 aromatic heterocycles. The number of rotatable bonds is 5. The van der Waals surface area contributed by atoms with Crippen LogP contribution in [-0.2, 0) is 0 Å². The number of halogens is 2. The molecular formula is C28H34F2. The van der Waals surface area contributed by atoms with E-state index in [1.807, 2.05) is 37.3 Å². The van der Waals surface area contributed by atoms with Crippen molar-refractivity contribution in [1.29, 1.82) is 0 Å². The Balaban J connectivity index is 1.45. The Bertz CT molecular complexity index is 880. The first-order valence-corrected chi connectivity index (χ1v) is 11.7. The van der Waals surface area contributed by atoms with Crippen LogP contribution in [0.3, 0.4) is 0 Å². The minimum Gasteiger partial charge on any atom is -0.203 e. The molecule has 2 aliphatic carbocycles. The summed E-state index contributed by atoms with van der Waals surface area (Å²) in [6.07, 6.45) is 14.0. The van der Waals surface area contributed by atoms with Crippen molar-refractivity contribution in [3.05, 3.63) is 71.3 Å².